The van der Waals surface area contributed by atoms with E-state index in [0.29, 0.717) is 11.8 Å². The topological polar surface area (TPSA) is 72.8 Å². The number of nitrogens with zero attached hydrogens (tertiary/aromatic N) is 1. The van der Waals surface area contributed by atoms with Gasteiger partial charge in [0.2, 0.25) is 0 Å². The lowest BCUT2D eigenvalue weighted by Crippen LogP contribution is -2.05. The predicted molar refractivity (Wildman–Crippen MR) is 53.0 cm³/mol. The van der Waals surface area contributed by atoms with Crippen LogP contribution in [0.25, 0.3) is 0 Å². The van der Waals surface area contributed by atoms with Crippen LogP contribution in [0.1, 0.15) is 15.9 Å². The van der Waals surface area contributed by atoms with E-state index in [1.807, 2.05) is 0 Å². The highest BCUT2D eigenvalue weighted by molar-refractivity contribution is 5.92. The van der Waals surface area contributed by atoms with E-state index in [1.165, 1.54) is 25.3 Å². The number of esters is 1. The number of carbonyl (C=O) groups excluding carboxylic acids is 2. The summed E-state index contributed by atoms with van der Waals surface area (Å²) in [7, 11) is 1.23. The first-order valence-electron chi connectivity index (χ1n) is 4.21. The van der Waals surface area contributed by atoms with Gasteiger partial charge in [0.05, 0.1) is 12.7 Å². The first-order valence-corrected chi connectivity index (χ1v) is 4.21. The third-order valence-electron chi connectivity index (χ3n) is 1.91. The maximum Gasteiger partial charge on any atom is 0.338 e. The molecule has 0 aliphatic rings. The fourth-order valence-corrected chi connectivity index (χ4v) is 1.19. The first kappa shape index (κ1) is 11.0. The monoisotopic (exact) mass is 207 g/mol. The molecule has 5 heteroatoms. The summed E-state index contributed by atoms with van der Waals surface area (Å²) in [6.45, 7) is 0. The molecule has 0 unspecified atom stereocenters. The number of aldehydes is 1. The molecule has 1 aromatic carbocycles. The number of hydrogen-bond acceptors (Lipinski definition) is 5. The predicted octanol–water partition coefficient (Wildman–Crippen LogP) is 1.61. The van der Waals surface area contributed by atoms with Crippen LogP contribution in [-0.4, -0.2) is 19.4 Å². The van der Waals surface area contributed by atoms with Gasteiger partial charge in [0.15, 0.2) is 0 Å². The van der Waals surface area contributed by atoms with E-state index in [-0.39, 0.29) is 17.7 Å². The van der Waals surface area contributed by atoms with Crippen molar-refractivity contribution in [2.75, 3.05) is 7.11 Å². The molecule has 15 heavy (non-hydrogen) atoms. The Morgan fingerprint density at radius 3 is 2.80 bits per heavy atom. The van der Waals surface area contributed by atoms with Crippen molar-refractivity contribution in [3.8, 4) is 0 Å². The number of benzene rings is 1. The van der Waals surface area contributed by atoms with Crippen molar-refractivity contribution < 1.29 is 14.3 Å². The standard InChI is InChI=1S/C10H9NO4/c1-15-10(13)9-6-8(11-14)3-2-7(9)4-5-12/h2-3,5-6H,4H2,1H3. The largest absolute Gasteiger partial charge is 0.465 e. The van der Waals surface area contributed by atoms with Crippen LogP contribution in [0, 0.1) is 4.91 Å². The molecule has 0 aromatic heterocycles. The molecule has 0 bridgehead atoms. The molecular formula is C10H9NO4. The summed E-state index contributed by atoms with van der Waals surface area (Å²) in [4.78, 5) is 31.9. The number of carbonyl (C=O) groups is 2. The first-order chi connectivity index (χ1) is 7.22. The minimum atomic E-state index is -0.586. The summed E-state index contributed by atoms with van der Waals surface area (Å²) in [5, 5.41) is 2.70. The molecule has 0 aliphatic heterocycles. The lowest BCUT2D eigenvalue weighted by molar-refractivity contribution is -0.107. The van der Waals surface area contributed by atoms with E-state index in [2.05, 4.69) is 9.91 Å². The van der Waals surface area contributed by atoms with Gasteiger partial charge in [0.25, 0.3) is 0 Å². The highest BCUT2D eigenvalue weighted by Crippen LogP contribution is 2.19. The summed E-state index contributed by atoms with van der Waals surface area (Å²) >= 11 is 0. The minimum absolute atomic E-state index is 0.101. The Labute approximate surface area is 86.0 Å². The van der Waals surface area contributed by atoms with E-state index in [4.69, 9.17) is 0 Å². The Bertz CT molecular complexity index is 400. The molecule has 1 aromatic rings. The molecule has 0 fully saturated rings. The van der Waals surface area contributed by atoms with Crippen molar-refractivity contribution in [3.63, 3.8) is 0 Å². The lowest BCUT2D eigenvalue weighted by atomic mass is 10.0. The van der Waals surface area contributed by atoms with E-state index < -0.39 is 5.97 Å². The van der Waals surface area contributed by atoms with Gasteiger partial charge in [-0.3, -0.25) is 0 Å². The van der Waals surface area contributed by atoms with Crippen LogP contribution in [0.3, 0.4) is 0 Å². The molecule has 0 heterocycles. The quantitative estimate of drug-likeness (QED) is 0.427. The van der Waals surface area contributed by atoms with Gasteiger partial charge in [-0.2, -0.15) is 0 Å². The van der Waals surface area contributed by atoms with Crippen LogP contribution in [0.2, 0.25) is 0 Å². The molecule has 0 N–H and O–H groups in total. The molecule has 5 nitrogen and oxygen atoms in total. The van der Waals surface area contributed by atoms with Crippen LogP contribution in [0.5, 0.6) is 0 Å². The summed E-state index contributed by atoms with van der Waals surface area (Å²) in [5.74, 6) is -0.586. The molecular weight excluding hydrogens is 198 g/mol. The van der Waals surface area contributed by atoms with Crippen molar-refractivity contribution in [1.29, 1.82) is 0 Å². The van der Waals surface area contributed by atoms with Crippen molar-refractivity contribution in [2.45, 2.75) is 6.42 Å². The van der Waals surface area contributed by atoms with Crippen LogP contribution in [0.15, 0.2) is 23.4 Å². The van der Waals surface area contributed by atoms with Gasteiger partial charge in [-0.05, 0) is 22.9 Å². The van der Waals surface area contributed by atoms with Crippen LogP contribution < -0.4 is 0 Å². The Morgan fingerprint density at radius 1 is 1.53 bits per heavy atom. The zero-order chi connectivity index (χ0) is 11.3. The highest BCUT2D eigenvalue weighted by Gasteiger charge is 2.12. The van der Waals surface area contributed by atoms with Gasteiger partial charge in [-0.1, -0.05) is 6.07 Å². The molecule has 0 atom stereocenters. The summed E-state index contributed by atoms with van der Waals surface area (Å²) in [5.41, 5.74) is 0.844. The van der Waals surface area contributed by atoms with Crippen LogP contribution in [0.4, 0.5) is 5.69 Å². The van der Waals surface area contributed by atoms with Crippen molar-refractivity contribution >= 4 is 17.9 Å². The number of ether oxygens (including phenoxy) is 1. The second-order valence-electron chi connectivity index (χ2n) is 2.80. The zero-order valence-corrected chi connectivity index (χ0v) is 8.10. The lowest BCUT2D eigenvalue weighted by Gasteiger charge is -2.04. The van der Waals surface area contributed by atoms with Gasteiger partial charge >= 0.3 is 5.97 Å². The molecule has 1 rings (SSSR count). The maximum atomic E-state index is 11.3. The maximum absolute atomic E-state index is 11.3. The summed E-state index contributed by atoms with van der Waals surface area (Å²) in [6.07, 6.45) is 0.777. The van der Waals surface area contributed by atoms with E-state index >= 15 is 0 Å². The Morgan fingerprint density at radius 2 is 2.27 bits per heavy atom. The molecule has 0 saturated heterocycles. The highest BCUT2D eigenvalue weighted by atomic mass is 16.5. The third-order valence-corrected chi connectivity index (χ3v) is 1.91. The van der Waals surface area contributed by atoms with E-state index in [0.717, 1.165) is 0 Å². The molecule has 0 spiro atoms. The van der Waals surface area contributed by atoms with Gasteiger partial charge in [0, 0.05) is 6.42 Å². The minimum Gasteiger partial charge on any atom is -0.465 e. The second kappa shape index (κ2) is 4.99. The molecule has 0 aliphatic carbocycles. The summed E-state index contributed by atoms with van der Waals surface area (Å²) in [6, 6.07) is 4.26. The fraction of sp³-hybridized carbons (Fsp3) is 0.200. The van der Waals surface area contributed by atoms with Gasteiger partial charge in [-0.25, -0.2) is 4.79 Å². The fourth-order valence-electron chi connectivity index (χ4n) is 1.19. The van der Waals surface area contributed by atoms with E-state index in [9.17, 15) is 14.5 Å². The van der Waals surface area contributed by atoms with Gasteiger partial charge in [0.1, 0.15) is 12.0 Å². The Balaban J connectivity index is 3.21. The van der Waals surface area contributed by atoms with Gasteiger partial charge < -0.3 is 9.53 Å². The van der Waals surface area contributed by atoms with Crippen LogP contribution >= 0.6 is 0 Å². The Hall–Kier alpha value is -2.04. The normalized spacial score (nSPS) is 9.40. The number of hydrogen-bond donors (Lipinski definition) is 0. The average Bonchev–Trinajstić information content (AvgIpc) is 2.29. The molecule has 0 saturated carbocycles. The van der Waals surface area contributed by atoms with Gasteiger partial charge in [-0.15, -0.1) is 4.91 Å². The number of rotatable bonds is 4. The second-order valence-corrected chi connectivity index (χ2v) is 2.80. The van der Waals surface area contributed by atoms with Crippen LogP contribution in [-0.2, 0) is 16.0 Å². The zero-order valence-electron chi connectivity index (χ0n) is 8.10. The SMILES string of the molecule is COC(=O)c1cc(N=O)ccc1CC=O. The molecule has 0 amide bonds. The molecule has 0 radical (unpaired) electrons. The summed E-state index contributed by atoms with van der Waals surface area (Å²) < 4.78 is 4.52. The smallest absolute Gasteiger partial charge is 0.338 e. The van der Waals surface area contributed by atoms with E-state index in [1.54, 1.807) is 0 Å². The average molecular weight is 207 g/mol. The van der Waals surface area contributed by atoms with Crippen molar-refractivity contribution in [1.82, 2.24) is 0 Å². The number of methoxy groups -OCH3 is 1. The third kappa shape index (κ3) is 2.46. The van der Waals surface area contributed by atoms with Crippen molar-refractivity contribution in [3.05, 3.63) is 34.2 Å². The number of nitroso groups, excluding NO2 is 1. The van der Waals surface area contributed by atoms with Crippen molar-refractivity contribution in [2.24, 2.45) is 5.18 Å². The Kier molecular flexibility index (Phi) is 3.68. The molecule has 78 valence electrons.